The molecule has 2 heterocycles. The van der Waals surface area contributed by atoms with Crippen molar-refractivity contribution in [2.75, 3.05) is 44.2 Å². The number of carbonyl (C=O) groups excluding carboxylic acids is 1. The lowest BCUT2D eigenvalue weighted by Gasteiger charge is -2.35. The number of amides is 1. The fourth-order valence-corrected chi connectivity index (χ4v) is 4.03. The predicted molar refractivity (Wildman–Crippen MR) is 115 cm³/mol. The summed E-state index contributed by atoms with van der Waals surface area (Å²) < 4.78 is 5.15. The van der Waals surface area contributed by atoms with E-state index in [1.165, 1.54) is 0 Å². The molecule has 1 fully saturated rings. The van der Waals surface area contributed by atoms with Gasteiger partial charge < -0.3 is 9.42 Å². The van der Waals surface area contributed by atoms with E-state index in [-0.39, 0.29) is 5.91 Å². The first kappa shape index (κ1) is 19.6. The predicted octanol–water partition coefficient (Wildman–Crippen LogP) is 3.31. The molecule has 1 aliphatic rings. The zero-order chi connectivity index (χ0) is 20.2. The van der Waals surface area contributed by atoms with E-state index in [2.05, 4.69) is 33.2 Å². The number of piperazine rings is 1. The maximum absolute atomic E-state index is 13.1. The Morgan fingerprint density at radius 3 is 2.52 bits per heavy atom. The van der Waals surface area contributed by atoms with E-state index in [0.29, 0.717) is 13.1 Å². The Balaban J connectivity index is 1.37. The molecular weight excluding hydrogens is 364 g/mol. The standard InChI is InChI=1S/C23H28N4O2/c1-3-27(22-10-6-8-19-7-4-5-9-21(19)22)23(28)17-26-13-11-25(12-14-26)16-20-15-18(2)29-24-20/h4-10,15H,3,11-14,16-17H2,1-2H3. The molecule has 152 valence electrons. The Kier molecular flexibility index (Phi) is 5.92. The minimum Gasteiger partial charge on any atom is -0.361 e. The summed E-state index contributed by atoms with van der Waals surface area (Å²) in [6.07, 6.45) is 0. The zero-order valence-corrected chi connectivity index (χ0v) is 17.2. The Bertz CT molecular complexity index is 970. The topological polar surface area (TPSA) is 52.8 Å². The van der Waals surface area contributed by atoms with Gasteiger partial charge in [-0.3, -0.25) is 14.6 Å². The highest BCUT2D eigenvalue weighted by Crippen LogP contribution is 2.27. The molecule has 0 aliphatic carbocycles. The van der Waals surface area contributed by atoms with Crippen molar-refractivity contribution in [2.24, 2.45) is 0 Å². The van der Waals surface area contributed by atoms with Crippen LogP contribution >= 0.6 is 0 Å². The summed E-state index contributed by atoms with van der Waals surface area (Å²) in [6, 6.07) is 16.4. The van der Waals surface area contributed by atoms with Gasteiger partial charge >= 0.3 is 0 Å². The van der Waals surface area contributed by atoms with Gasteiger partial charge in [-0.2, -0.15) is 0 Å². The van der Waals surface area contributed by atoms with Crippen LogP contribution in [0, 0.1) is 6.92 Å². The number of rotatable bonds is 6. The molecule has 0 N–H and O–H groups in total. The van der Waals surface area contributed by atoms with Crippen molar-refractivity contribution in [3.63, 3.8) is 0 Å². The van der Waals surface area contributed by atoms with Gasteiger partial charge in [-0.1, -0.05) is 41.6 Å². The number of carbonyl (C=O) groups is 1. The van der Waals surface area contributed by atoms with Crippen LogP contribution < -0.4 is 4.90 Å². The van der Waals surface area contributed by atoms with E-state index < -0.39 is 0 Å². The van der Waals surface area contributed by atoms with Crippen LogP contribution in [0.3, 0.4) is 0 Å². The average Bonchev–Trinajstić information content (AvgIpc) is 3.15. The van der Waals surface area contributed by atoms with Crippen LogP contribution in [-0.4, -0.2) is 60.1 Å². The SMILES string of the molecule is CCN(C(=O)CN1CCN(Cc2cc(C)on2)CC1)c1cccc2ccccc12. The van der Waals surface area contributed by atoms with Gasteiger partial charge in [0.1, 0.15) is 5.76 Å². The molecule has 4 rings (SSSR count). The third-order valence-corrected chi connectivity index (χ3v) is 5.56. The fourth-order valence-electron chi connectivity index (χ4n) is 4.03. The second-order valence-corrected chi connectivity index (χ2v) is 7.62. The van der Waals surface area contributed by atoms with E-state index in [9.17, 15) is 4.79 Å². The third-order valence-electron chi connectivity index (χ3n) is 5.56. The van der Waals surface area contributed by atoms with E-state index in [4.69, 9.17) is 4.52 Å². The van der Waals surface area contributed by atoms with Crippen LogP contribution in [-0.2, 0) is 11.3 Å². The minimum absolute atomic E-state index is 0.157. The van der Waals surface area contributed by atoms with Gasteiger partial charge in [-0.25, -0.2) is 0 Å². The van der Waals surface area contributed by atoms with Gasteiger partial charge in [-0.05, 0) is 25.3 Å². The first-order chi connectivity index (χ1) is 14.1. The number of anilines is 1. The molecule has 0 spiro atoms. The van der Waals surface area contributed by atoms with Crippen LogP contribution in [0.5, 0.6) is 0 Å². The molecule has 1 aliphatic heterocycles. The first-order valence-corrected chi connectivity index (χ1v) is 10.3. The number of aryl methyl sites for hydroxylation is 1. The molecule has 0 saturated carbocycles. The van der Waals surface area contributed by atoms with Crippen molar-refractivity contribution >= 4 is 22.4 Å². The van der Waals surface area contributed by atoms with E-state index in [1.807, 2.05) is 49.1 Å². The van der Waals surface area contributed by atoms with Gasteiger partial charge in [-0.15, -0.1) is 0 Å². The van der Waals surface area contributed by atoms with Crippen molar-refractivity contribution in [1.29, 1.82) is 0 Å². The second kappa shape index (κ2) is 8.76. The van der Waals surface area contributed by atoms with Crippen molar-refractivity contribution in [3.05, 3.63) is 60.0 Å². The van der Waals surface area contributed by atoms with E-state index in [1.54, 1.807) is 0 Å². The van der Waals surface area contributed by atoms with Gasteiger partial charge in [0.15, 0.2) is 0 Å². The highest BCUT2D eigenvalue weighted by Gasteiger charge is 2.23. The first-order valence-electron chi connectivity index (χ1n) is 10.3. The van der Waals surface area contributed by atoms with Crippen molar-refractivity contribution in [3.8, 4) is 0 Å². The largest absolute Gasteiger partial charge is 0.361 e. The van der Waals surface area contributed by atoms with Gasteiger partial charge in [0, 0.05) is 50.7 Å². The molecule has 6 nitrogen and oxygen atoms in total. The second-order valence-electron chi connectivity index (χ2n) is 7.62. The summed E-state index contributed by atoms with van der Waals surface area (Å²) in [5.41, 5.74) is 1.97. The average molecular weight is 393 g/mol. The number of nitrogens with zero attached hydrogens (tertiary/aromatic N) is 4. The monoisotopic (exact) mass is 392 g/mol. The molecular formula is C23H28N4O2. The molecule has 1 saturated heterocycles. The number of benzene rings is 2. The number of aromatic nitrogens is 1. The molecule has 29 heavy (non-hydrogen) atoms. The molecule has 6 heteroatoms. The summed E-state index contributed by atoms with van der Waals surface area (Å²) in [5.74, 6) is 1.00. The smallest absolute Gasteiger partial charge is 0.241 e. The number of likely N-dealkylation sites (N-methyl/N-ethyl adjacent to an activating group) is 1. The Labute approximate surface area is 171 Å². The molecule has 1 aromatic heterocycles. The van der Waals surface area contributed by atoms with Gasteiger partial charge in [0.2, 0.25) is 5.91 Å². The van der Waals surface area contributed by atoms with Crippen LogP contribution in [0.4, 0.5) is 5.69 Å². The fraction of sp³-hybridized carbons (Fsp3) is 0.391. The summed E-state index contributed by atoms with van der Waals surface area (Å²) in [6.45, 7) is 9.50. The summed E-state index contributed by atoms with van der Waals surface area (Å²) in [4.78, 5) is 19.6. The van der Waals surface area contributed by atoms with Crippen molar-refractivity contribution in [2.45, 2.75) is 20.4 Å². The van der Waals surface area contributed by atoms with Crippen LogP contribution in [0.25, 0.3) is 10.8 Å². The normalized spacial score (nSPS) is 15.7. The maximum atomic E-state index is 13.1. The zero-order valence-electron chi connectivity index (χ0n) is 17.2. The Morgan fingerprint density at radius 1 is 1.07 bits per heavy atom. The molecule has 0 radical (unpaired) electrons. The Hall–Kier alpha value is -2.70. The third kappa shape index (κ3) is 4.49. The van der Waals surface area contributed by atoms with Gasteiger partial charge in [0.25, 0.3) is 0 Å². The maximum Gasteiger partial charge on any atom is 0.241 e. The lowest BCUT2D eigenvalue weighted by atomic mass is 10.1. The molecule has 0 atom stereocenters. The minimum atomic E-state index is 0.157. The van der Waals surface area contributed by atoms with Crippen LogP contribution in [0.2, 0.25) is 0 Å². The molecule has 2 aromatic carbocycles. The molecule has 0 unspecified atom stereocenters. The quantitative estimate of drug-likeness (QED) is 0.644. The molecule has 0 bridgehead atoms. The summed E-state index contributed by atoms with van der Waals surface area (Å²) in [5, 5.41) is 6.36. The lowest BCUT2D eigenvalue weighted by molar-refractivity contribution is -0.120. The highest BCUT2D eigenvalue weighted by atomic mass is 16.5. The van der Waals surface area contributed by atoms with Crippen molar-refractivity contribution < 1.29 is 9.32 Å². The van der Waals surface area contributed by atoms with Crippen molar-refractivity contribution in [1.82, 2.24) is 15.0 Å². The molecule has 1 amide bonds. The summed E-state index contributed by atoms with van der Waals surface area (Å²) >= 11 is 0. The van der Waals surface area contributed by atoms with Crippen LogP contribution in [0.15, 0.2) is 53.1 Å². The van der Waals surface area contributed by atoms with Crippen LogP contribution in [0.1, 0.15) is 18.4 Å². The number of fused-ring (bicyclic) bond motifs is 1. The highest BCUT2D eigenvalue weighted by molar-refractivity contribution is 6.04. The molecule has 3 aromatic rings. The Morgan fingerprint density at radius 2 is 1.79 bits per heavy atom. The summed E-state index contributed by atoms with van der Waals surface area (Å²) in [7, 11) is 0. The lowest BCUT2D eigenvalue weighted by Crippen LogP contribution is -2.49. The van der Waals surface area contributed by atoms with E-state index >= 15 is 0 Å². The van der Waals surface area contributed by atoms with E-state index in [0.717, 1.165) is 60.6 Å². The number of hydrogen-bond acceptors (Lipinski definition) is 5. The number of hydrogen-bond donors (Lipinski definition) is 0. The van der Waals surface area contributed by atoms with Gasteiger partial charge in [0.05, 0.1) is 17.9 Å².